The van der Waals surface area contributed by atoms with E-state index < -0.39 is 0 Å². The Balaban J connectivity index is 1.80. The lowest BCUT2D eigenvalue weighted by molar-refractivity contribution is -0.114. The molecule has 0 N–H and O–H groups in total. The molecule has 1 aliphatic rings. The van der Waals surface area contributed by atoms with Gasteiger partial charge < -0.3 is 4.74 Å². The third kappa shape index (κ3) is 2.80. The Morgan fingerprint density at radius 2 is 1.65 bits per heavy atom. The predicted octanol–water partition coefficient (Wildman–Crippen LogP) is 4.01. The molecule has 0 atom stereocenters. The van der Waals surface area contributed by atoms with E-state index in [9.17, 15) is 4.79 Å². The van der Waals surface area contributed by atoms with E-state index in [1.807, 2.05) is 54.6 Å². The fraction of sp³-hybridized carbons (Fsp3) is 0.167. The van der Waals surface area contributed by atoms with Gasteiger partial charge >= 0.3 is 0 Å². The quantitative estimate of drug-likeness (QED) is 0.834. The lowest BCUT2D eigenvalue weighted by Crippen LogP contribution is -1.97. The summed E-state index contributed by atoms with van der Waals surface area (Å²) >= 11 is 0. The SMILES string of the molecule is O=C1C=C(c2ccccc2OCc2ccccc2)CC1. The molecule has 1 aliphatic carbocycles. The summed E-state index contributed by atoms with van der Waals surface area (Å²) in [4.78, 5) is 11.4. The van der Waals surface area contributed by atoms with Crippen molar-refractivity contribution in [2.75, 3.05) is 0 Å². The van der Waals surface area contributed by atoms with Gasteiger partial charge in [0.2, 0.25) is 0 Å². The molecule has 2 aromatic carbocycles. The molecule has 0 aromatic heterocycles. The van der Waals surface area contributed by atoms with Crippen molar-refractivity contribution in [3.05, 3.63) is 71.8 Å². The van der Waals surface area contributed by atoms with Gasteiger partial charge in [-0.1, -0.05) is 48.5 Å². The van der Waals surface area contributed by atoms with E-state index in [1.54, 1.807) is 6.08 Å². The molecule has 2 heteroatoms. The summed E-state index contributed by atoms with van der Waals surface area (Å²) in [6.07, 6.45) is 3.16. The van der Waals surface area contributed by atoms with Gasteiger partial charge in [0.15, 0.2) is 5.78 Å². The van der Waals surface area contributed by atoms with E-state index in [1.165, 1.54) is 0 Å². The fourth-order valence-electron chi connectivity index (χ4n) is 2.40. The minimum Gasteiger partial charge on any atom is -0.488 e. The van der Waals surface area contributed by atoms with Gasteiger partial charge in [-0.3, -0.25) is 4.79 Å². The first-order chi connectivity index (χ1) is 9.83. The molecule has 20 heavy (non-hydrogen) atoms. The molecule has 0 heterocycles. The molecule has 100 valence electrons. The van der Waals surface area contributed by atoms with Gasteiger partial charge in [0.05, 0.1) is 0 Å². The fourth-order valence-corrected chi connectivity index (χ4v) is 2.40. The molecule has 0 radical (unpaired) electrons. The third-order valence-electron chi connectivity index (χ3n) is 3.45. The van der Waals surface area contributed by atoms with Gasteiger partial charge in [0.1, 0.15) is 12.4 Å². The smallest absolute Gasteiger partial charge is 0.156 e. The second-order valence-corrected chi connectivity index (χ2v) is 4.91. The van der Waals surface area contributed by atoms with Crippen molar-refractivity contribution >= 4 is 11.4 Å². The summed E-state index contributed by atoms with van der Waals surface area (Å²) in [7, 11) is 0. The van der Waals surface area contributed by atoms with Crippen molar-refractivity contribution in [1.82, 2.24) is 0 Å². The van der Waals surface area contributed by atoms with E-state index in [0.29, 0.717) is 13.0 Å². The van der Waals surface area contributed by atoms with Crippen molar-refractivity contribution in [3.8, 4) is 5.75 Å². The number of para-hydroxylation sites is 1. The molecule has 0 bridgehead atoms. The van der Waals surface area contributed by atoms with Crippen molar-refractivity contribution in [2.24, 2.45) is 0 Å². The van der Waals surface area contributed by atoms with E-state index in [0.717, 1.165) is 28.9 Å². The van der Waals surface area contributed by atoms with Crippen molar-refractivity contribution in [2.45, 2.75) is 19.4 Å². The van der Waals surface area contributed by atoms with E-state index in [-0.39, 0.29) is 5.78 Å². The molecule has 3 rings (SSSR count). The summed E-state index contributed by atoms with van der Waals surface area (Å²) in [5.74, 6) is 1.05. The monoisotopic (exact) mass is 264 g/mol. The van der Waals surface area contributed by atoms with Crippen molar-refractivity contribution in [3.63, 3.8) is 0 Å². The van der Waals surface area contributed by atoms with Gasteiger partial charge in [-0.05, 0) is 29.7 Å². The largest absolute Gasteiger partial charge is 0.488 e. The van der Waals surface area contributed by atoms with E-state index >= 15 is 0 Å². The summed E-state index contributed by atoms with van der Waals surface area (Å²) in [5.41, 5.74) is 3.26. The first kappa shape index (κ1) is 12.7. The number of allylic oxidation sites excluding steroid dienone is 2. The number of carbonyl (C=O) groups is 1. The zero-order valence-corrected chi connectivity index (χ0v) is 11.2. The Morgan fingerprint density at radius 3 is 2.40 bits per heavy atom. The number of rotatable bonds is 4. The Bertz CT molecular complexity index is 641. The molecular formula is C18H16O2. The number of ketones is 1. The average Bonchev–Trinajstić information content (AvgIpc) is 2.93. The number of hydrogen-bond donors (Lipinski definition) is 0. The molecular weight excluding hydrogens is 248 g/mol. The second kappa shape index (κ2) is 5.74. The summed E-state index contributed by atoms with van der Waals surface area (Å²) < 4.78 is 5.92. The van der Waals surface area contributed by atoms with Crippen LogP contribution in [0.25, 0.3) is 5.57 Å². The van der Waals surface area contributed by atoms with Gasteiger partial charge in [-0.15, -0.1) is 0 Å². The van der Waals surface area contributed by atoms with Crippen LogP contribution in [0.15, 0.2) is 60.7 Å². The van der Waals surface area contributed by atoms with Crippen LogP contribution in [0, 0.1) is 0 Å². The second-order valence-electron chi connectivity index (χ2n) is 4.91. The van der Waals surface area contributed by atoms with Gasteiger partial charge in [0, 0.05) is 12.0 Å². The number of carbonyl (C=O) groups excluding carboxylic acids is 1. The Labute approximate surface area is 118 Å². The van der Waals surface area contributed by atoms with Crippen LogP contribution in [0.3, 0.4) is 0 Å². The molecule has 0 saturated carbocycles. The molecule has 0 saturated heterocycles. The van der Waals surface area contributed by atoms with Gasteiger partial charge in [0.25, 0.3) is 0 Å². The lowest BCUT2D eigenvalue weighted by Gasteiger charge is -2.12. The van der Waals surface area contributed by atoms with Crippen LogP contribution in [0.2, 0.25) is 0 Å². The predicted molar refractivity (Wildman–Crippen MR) is 79.4 cm³/mol. The topological polar surface area (TPSA) is 26.3 Å². The van der Waals surface area contributed by atoms with Gasteiger partial charge in [-0.25, -0.2) is 0 Å². The first-order valence-corrected chi connectivity index (χ1v) is 6.82. The van der Waals surface area contributed by atoms with Crippen LogP contribution in [0.1, 0.15) is 24.0 Å². The number of ether oxygens (including phenoxy) is 1. The number of hydrogen-bond acceptors (Lipinski definition) is 2. The van der Waals surface area contributed by atoms with Gasteiger partial charge in [-0.2, -0.15) is 0 Å². The third-order valence-corrected chi connectivity index (χ3v) is 3.45. The maximum absolute atomic E-state index is 11.4. The Morgan fingerprint density at radius 1 is 0.900 bits per heavy atom. The van der Waals surface area contributed by atoms with Crippen molar-refractivity contribution < 1.29 is 9.53 Å². The van der Waals surface area contributed by atoms with Crippen LogP contribution in [-0.4, -0.2) is 5.78 Å². The molecule has 2 nitrogen and oxygen atoms in total. The maximum atomic E-state index is 11.4. The Hall–Kier alpha value is -2.35. The Kier molecular flexibility index (Phi) is 3.64. The van der Waals surface area contributed by atoms with E-state index in [4.69, 9.17) is 4.74 Å². The molecule has 0 spiro atoms. The highest BCUT2D eigenvalue weighted by atomic mass is 16.5. The molecule has 0 fully saturated rings. The van der Waals surface area contributed by atoms with Crippen LogP contribution in [0.4, 0.5) is 0 Å². The zero-order chi connectivity index (χ0) is 13.8. The lowest BCUT2D eigenvalue weighted by atomic mass is 10.0. The minimum absolute atomic E-state index is 0.206. The molecule has 2 aromatic rings. The highest BCUT2D eigenvalue weighted by molar-refractivity contribution is 6.02. The summed E-state index contributed by atoms with van der Waals surface area (Å²) in [5, 5.41) is 0. The van der Waals surface area contributed by atoms with Crippen LogP contribution in [0.5, 0.6) is 5.75 Å². The summed E-state index contributed by atoms with van der Waals surface area (Å²) in [6.45, 7) is 0.541. The van der Waals surface area contributed by atoms with Crippen LogP contribution < -0.4 is 4.74 Å². The van der Waals surface area contributed by atoms with E-state index in [2.05, 4.69) is 0 Å². The molecule has 0 unspecified atom stereocenters. The number of benzene rings is 2. The first-order valence-electron chi connectivity index (χ1n) is 6.82. The average molecular weight is 264 g/mol. The normalized spacial score (nSPS) is 14.2. The summed E-state index contributed by atoms with van der Waals surface area (Å²) in [6, 6.07) is 18.0. The highest BCUT2D eigenvalue weighted by Crippen LogP contribution is 2.32. The van der Waals surface area contributed by atoms with Crippen LogP contribution in [-0.2, 0) is 11.4 Å². The van der Waals surface area contributed by atoms with Crippen LogP contribution >= 0.6 is 0 Å². The van der Waals surface area contributed by atoms with Crippen molar-refractivity contribution in [1.29, 1.82) is 0 Å². The minimum atomic E-state index is 0.206. The zero-order valence-electron chi connectivity index (χ0n) is 11.2. The molecule has 0 aliphatic heterocycles. The maximum Gasteiger partial charge on any atom is 0.156 e. The highest BCUT2D eigenvalue weighted by Gasteiger charge is 2.16. The molecule has 0 amide bonds. The standard InChI is InChI=1S/C18H16O2/c19-16-11-10-15(12-16)17-8-4-5-9-18(17)20-13-14-6-2-1-3-7-14/h1-9,12H,10-11,13H2.